The van der Waals surface area contributed by atoms with Crippen molar-refractivity contribution in [2.75, 3.05) is 13.1 Å². The summed E-state index contributed by atoms with van der Waals surface area (Å²) in [6, 6.07) is 2.40. The molecule has 1 aromatic heterocycles. The number of alkyl halides is 3. The van der Waals surface area contributed by atoms with Crippen molar-refractivity contribution in [3.63, 3.8) is 0 Å². The summed E-state index contributed by atoms with van der Waals surface area (Å²) in [5.41, 5.74) is -2.22. The maximum Gasteiger partial charge on any atom is 0.426 e. The molecule has 1 aliphatic heterocycles. The fourth-order valence-electron chi connectivity index (χ4n) is 3.08. The highest BCUT2D eigenvalue weighted by molar-refractivity contribution is 5.85. The number of piperidine rings is 1. The second-order valence-electron chi connectivity index (χ2n) is 6.57. The van der Waals surface area contributed by atoms with Crippen molar-refractivity contribution >= 4 is 5.91 Å². The number of amides is 1. The van der Waals surface area contributed by atoms with Crippen molar-refractivity contribution in [2.45, 2.75) is 56.3 Å². The Morgan fingerprint density at radius 2 is 1.87 bits per heavy atom. The third-order valence-corrected chi connectivity index (χ3v) is 4.76. The number of likely N-dealkylation sites (tertiary alicyclic amines) is 1. The van der Waals surface area contributed by atoms with Crippen LogP contribution in [0.3, 0.4) is 0 Å². The number of rotatable bonds is 3. The second-order valence-corrected chi connectivity index (χ2v) is 6.57. The van der Waals surface area contributed by atoms with Gasteiger partial charge in [0.25, 0.3) is 5.91 Å². The van der Waals surface area contributed by atoms with Crippen LogP contribution in [0.1, 0.15) is 50.3 Å². The number of carbonyl (C=O) groups excluding carboxylic acids is 1. The van der Waals surface area contributed by atoms with Gasteiger partial charge in [-0.15, -0.1) is 0 Å². The lowest BCUT2D eigenvalue weighted by molar-refractivity contribution is -0.250. The molecule has 23 heavy (non-hydrogen) atoms. The van der Waals surface area contributed by atoms with Gasteiger partial charge in [-0.25, -0.2) is 0 Å². The molecular formula is C15H20F3N3O2. The van der Waals surface area contributed by atoms with Crippen LogP contribution in [0.2, 0.25) is 0 Å². The molecule has 128 valence electrons. The standard InChI is InChI=1S/C15H20F3N3O2/c1-14(23,15(16,17)18)13(22)20-8-5-10(6-9-20)12-4-7-19-21(12)11-2-3-11/h4,7,10-11,23H,2-3,5-6,8-9H2,1H3/t14-/m1/s1. The molecule has 5 nitrogen and oxygen atoms in total. The Bertz CT molecular complexity index is 585. The van der Waals surface area contributed by atoms with Crippen LogP contribution in [0.25, 0.3) is 0 Å². The van der Waals surface area contributed by atoms with Crippen molar-refractivity contribution in [2.24, 2.45) is 0 Å². The molecule has 0 radical (unpaired) electrons. The zero-order valence-electron chi connectivity index (χ0n) is 12.9. The van der Waals surface area contributed by atoms with Gasteiger partial charge in [0.05, 0.1) is 6.04 Å². The second kappa shape index (κ2) is 5.51. The van der Waals surface area contributed by atoms with Gasteiger partial charge in [0, 0.05) is 30.9 Å². The Hall–Kier alpha value is -1.57. The SMILES string of the molecule is C[C@@](O)(C(=O)N1CCC(c2ccnn2C2CC2)CC1)C(F)(F)F. The molecule has 1 atom stereocenters. The number of carbonyl (C=O) groups is 1. The Labute approximate surface area is 132 Å². The first-order chi connectivity index (χ1) is 10.7. The van der Waals surface area contributed by atoms with E-state index in [1.54, 1.807) is 6.20 Å². The zero-order valence-corrected chi connectivity index (χ0v) is 12.9. The predicted octanol–water partition coefficient (Wildman–Crippen LogP) is 2.24. The average Bonchev–Trinajstić information content (AvgIpc) is 3.22. The van der Waals surface area contributed by atoms with Crippen LogP contribution in [0.15, 0.2) is 12.3 Å². The normalized spacial score (nSPS) is 22.9. The number of hydrogen-bond acceptors (Lipinski definition) is 3. The molecule has 2 fully saturated rings. The van der Waals surface area contributed by atoms with E-state index in [1.165, 1.54) is 0 Å². The van der Waals surface area contributed by atoms with Crippen LogP contribution in [-0.2, 0) is 4.79 Å². The molecule has 2 heterocycles. The van der Waals surface area contributed by atoms with Gasteiger partial charge in [0.1, 0.15) is 0 Å². The van der Waals surface area contributed by atoms with Gasteiger partial charge in [0.2, 0.25) is 5.60 Å². The fourth-order valence-corrected chi connectivity index (χ4v) is 3.08. The van der Waals surface area contributed by atoms with Crippen LogP contribution >= 0.6 is 0 Å². The van der Waals surface area contributed by atoms with Gasteiger partial charge in [-0.2, -0.15) is 18.3 Å². The summed E-state index contributed by atoms with van der Waals surface area (Å²) >= 11 is 0. The molecular weight excluding hydrogens is 311 g/mol. The first kappa shape index (κ1) is 16.3. The highest BCUT2D eigenvalue weighted by atomic mass is 19.4. The molecule has 1 saturated carbocycles. The molecule has 3 rings (SSSR count). The minimum Gasteiger partial charge on any atom is -0.373 e. The number of nitrogens with zero attached hydrogens (tertiary/aromatic N) is 3. The van der Waals surface area contributed by atoms with Crippen molar-refractivity contribution < 1.29 is 23.1 Å². The van der Waals surface area contributed by atoms with Gasteiger partial charge < -0.3 is 10.0 Å². The monoisotopic (exact) mass is 331 g/mol. The van der Waals surface area contributed by atoms with E-state index >= 15 is 0 Å². The summed E-state index contributed by atoms with van der Waals surface area (Å²) in [6.07, 6.45) is 0.169. The highest BCUT2D eigenvalue weighted by Gasteiger charge is 2.57. The lowest BCUT2D eigenvalue weighted by Gasteiger charge is -2.36. The van der Waals surface area contributed by atoms with Crippen LogP contribution in [0, 0.1) is 0 Å². The lowest BCUT2D eigenvalue weighted by Crippen LogP contribution is -2.57. The van der Waals surface area contributed by atoms with Gasteiger partial charge >= 0.3 is 6.18 Å². The molecule has 1 aliphatic carbocycles. The van der Waals surface area contributed by atoms with Gasteiger partial charge in [-0.3, -0.25) is 9.48 Å². The Morgan fingerprint density at radius 3 is 2.39 bits per heavy atom. The maximum atomic E-state index is 12.8. The van der Waals surface area contributed by atoms with Crippen LogP contribution < -0.4 is 0 Å². The van der Waals surface area contributed by atoms with Gasteiger partial charge in [-0.1, -0.05) is 0 Å². The van der Waals surface area contributed by atoms with E-state index in [4.69, 9.17) is 0 Å². The number of aromatic nitrogens is 2. The predicted molar refractivity (Wildman–Crippen MR) is 75.7 cm³/mol. The summed E-state index contributed by atoms with van der Waals surface area (Å²) in [6.45, 7) is 0.945. The van der Waals surface area contributed by atoms with Crippen LogP contribution in [0.5, 0.6) is 0 Å². The van der Waals surface area contributed by atoms with Crippen molar-refractivity contribution in [1.29, 1.82) is 0 Å². The van der Waals surface area contributed by atoms with E-state index in [0.29, 0.717) is 25.8 Å². The molecule has 1 aromatic rings. The fraction of sp³-hybridized carbons (Fsp3) is 0.733. The summed E-state index contributed by atoms with van der Waals surface area (Å²) in [7, 11) is 0. The van der Waals surface area contributed by atoms with E-state index in [-0.39, 0.29) is 19.0 Å². The number of hydrogen-bond donors (Lipinski definition) is 1. The topological polar surface area (TPSA) is 58.4 Å². The van der Waals surface area contributed by atoms with Crippen molar-refractivity contribution in [3.05, 3.63) is 18.0 Å². The molecule has 0 aromatic carbocycles. The number of halogens is 3. The maximum absolute atomic E-state index is 12.8. The summed E-state index contributed by atoms with van der Waals surface area (Å²) in [5, 5.41) is 13.8. The largest absolute Gasteiger partial charge is 0.426 e. The van der Waals surface area contributed by atoms with Crippen molar-refractivity contribution in [1.82, 2.24) is 14.7 Å². The lowest BCUT2D eigenvalue weighted by atomic mass is 9.92. The molecule has 1 N–H and O–H groups in total. The molecule has 0 spiro atoms. The summed E-state index contributed by atoms with van der Waals surface area (Å²) < 4.78 is 40.3. The summed E-state index contributed by atoms with van der Waals surface area (Å²) in [4.78, 5) is 13.1. The Kier molecular flexibility index (Phi) is 3.90. The van der Waals surface area contributed by atoms with E-state index in [9.17, 15) is 23.1 Å². The third kappa shape index (κ3) is 2.96. The molecule has 1 amide bonds. The smallest absolute Gasteiger partial charge is 0.373 e. The van der Waals surface area contributed by atoms with E-state index in [2.05, 4.69) is 5.10 Å². The first-order valence-electron chi connectivity index (χ1n) is 7.83. The molecule has 8 heteroatoms. The zero-order chi connectivity index (χ0) is 16.8. The minimum atomic E-state index is -4.97. The quantitative estimate of drug-likeness (QED) is 0.924. The average molecular weight is 331 g/mol. The molecule has 0 bridgehead atoms. The van der Waals surface area contributed by atoms with Crippen LogP contribution in [0.4, 0.5) is 13.2 Å². The summed E-state index contributed by atoms with van der Waals surface area (Å²) in [5.74, 6) is -1.07. The molecule has 0 unspecified atom stereocenters. The third-order valence-electron chi connectivity index (χ3n) is 4.76. The van der Waals surface area contributed by atoms with Gasteiger partial charge in [-0.05, 0) is 38.7 Å². The van der Waals surface area contributed by atoms with Crippen molar-refractivity contribution in [3.8, 4) is 0 Å². The highest BCUT2D eigenvalue weighted by Crippen LogP contribution is 2.39. The van der Waals surface area contributed by atoms with E-state index in [1.807, 2.05) is 10.7 Å². The molecule has 1 saturated heterocycles. The van der Waals surface area contributed by atoms with Gasteiger partial charge in [0.15, 0.2) is 0 Å². The van der Waals surface area contributed by atoms with E-state index < -0.39 is 17.7 Å². The Balaban J connectivity index is 1.64. The Morgan fingerprint density at radius 1 is 1.26 bits per heavy atom. The van der Waals surface area contributed by atoms with Crippen LogP contribution in [-0.4, -0.2) is 50.6 Å². The first-order valence-corrected chi connectivity index (χ1v) is 7.83. The van der Waals surface area contributed by atoms with E-state index in [0.717, 1.165) is 23.4 Å². The number of aliphatic hydroxyl groups is 1. The molecule has 2 aliphatic rings. The minimum absolute atomic E-state index is 0.193.